The van der Waals surface area contributed by atoms with Gasteiger partial charge in [0.05, 0.1) is 17.9 Å². The second-order valence-corrected chi connectivity index (χ2v) is 4.34. The number of nitrogens with one attached hydrogen (secondary N) is 2. The first kappa shape index (κ1) is 14.6. The number of urea groups is 1. The number of carbonyl (C=O) groups excluding carboxylic acids is 1. The number of hydrogen-bond acceptors (Lipinski definition) is 3. The Bertz CT molecular complexity index is 655. The van der Waals surface area contributed by atoms with Crippen LogP contribution in [-0.2, 0) is 0 Å². The minimum absolute atomic E-state index is 0.154. The minimum Gasteiger partial charge on any atom is -0.478 e. The number of furan rings is 1. The molecule has 2 amide bonds. The monoisotopic (exact) mass is 292 g/mol. The lowest BCUT2D eigenvalue weighted by molar-refractivity contribution is 0.0692. The zero-order chi connectivity index (χ0) is 15.4. The molecular formula is C14H13FN2O4. The third kappa shape index (κ3) is 3.59. The molecular weight excluding hydrogens is 279 g/mol. The van der Waals surface area contributed by atoms with Crippen molar-refractivity contribution in [3.05, 3.63) is 53.7 Å². The smallest absolute Gasteiger partial charge is 0.338 e. The summed E-state index contributed by atoms with van der Waals surface area (Å²) in [7, 11) is 0. The fraction of sp³-hybridized carbons (Fsp3) is 0.143. The van der Waals surface area contributed by atoms with Crippen molar-refractivity contribution >= 4 is 17.7 Å². The van der Waals surface area contributed by atoms with Crippen molar-refractivity contribution in [2.75, 3.05) is 5.32 Å². The zero-order valence-corrected chi connectivity index (χ0v) is 11.1. The van der Waals surface area contributed by atoms with E-state index in [9.17, 15) is 14.0 Å². The number of rotatable bonds is 4. The van der Waals surface area contributed by atoms with Crippen molar-refractivity contribution in [2.24, 2.45) is 0 Å². The summed E-state index contributed by atoms with van der Waals surface area (Å²) in [5.41, 5.74) is -0.299. The van der Waals surface area contributed by atoms with Gasteiger partial charge in [0.25, 0.3) is 0 Å². The van der Waals surface area contributed by atoms with E-state index in [4.69, 9.17) is 9.52 Å². The maximum Gasteiger partial charge on any atom is 0.338 e. The number of benzene rings is 1. The predicted molar refractivity (Wildman–Crippen MR) is 72.6 cm³/mol. The van der Waals surface area contributed by atoms with E-state index in [0.717, 1.165) is 12.1 Å². The van der Waals surface area contributed by atoms with Crippen LogP contribution in [0.4, 0.5) is 14.9 Å². The summed E-state index contributed by atoms with van der Waals surface area (Å²) in [6.45, 7) is 1.73. The quantitative estimate of drug-likeness (QED) is 0.807. The Morgan fingerprint density at radius 3 is 2.67 bits per heavy atom. The second kappa shape index (κ2) is 6.08. The van der Waals surface area contributed by atoms with Gasteiger partial charge in [0, 0.05) is 5.69 Å². The van der Waals surface area contributed by atoms with E-state index >= 15 is 0 Å². The van der Waals surface area contributed by atoms with E-state index in [-0.39, 0.29) is 11.7 Å². The standard InChI is InChI=1S/C14H13FN2O4/c1-8(12-3-2-6-21-12)16-14(20)17-9-4-5-10(13(18)19)11(15)7-9/h2-8H,1H3,(H,18,19)(H2,16,17,20). The fourth-order valence-electron chi connectivity index (χ4n) is 1.74. The van der Waals surface area contributed by atoms with Gasteiger partial charge in [-0.3, -0.25) is 0 Å². The van der Waals surface area contributed by atoms with Crippen LogP contribution in [-0.4, -0.2) is 17.1 Å². The van der Waals surface area contributed by atoms with E-state index in [1.807, 2.05) is 0 Å². The first-order valence-electron chi connectivity index (χ1n) is 6.11. The molecule has 0 radical (unpaired) electrons. The first-order chi connectivity index (χ1) is 9.97. The van der Waals surface area contributed by atoms with E-state index < -0.39 is 23.4 Å². The van der Waals surface area contributed by atoms with Gasteiger partial charge in [0.15, 0.2) is 0 Å². The Balaban J connectivity index is 2.00. The maximum atomic E-state index is 13.5. The Morgan fingerprint density at radius 1 is 1.33 bits per heavy atom. The first-order valence-corrected chi connectivity index (χ1v) is 6.11. The topological polar surface area (TPSA) is 91.6 Å². The summed E-state index contributed by atoms with van der Waals surface area (Å²) in [5, 5.41) is 13.7. The fourth-order valence-corrected chi connectivity index (χ4v) is 1.74. The van der Waals surface area contributed by atoms with Crippen molar-refractivity contribution in [3.63, 3.8) is 0 Å². The van der Waals surface area contributed by atoms with Gasteiger partial charge < -0.3 is 20.2 Å². The number of anilines is 1. The van der Waals surface area contributed by atoms with Crippen molar-refractivity contribution in [2.45, 2.75) is 13.0 Å². The molecule has 0 saturated carbocycles. The molecule has 1 aromatic heterocycles. The number of aromatic carboxylic acids is 1. The Morgan fingerprint density at radius 2 is 2.10 bits per heavy atom. The molecule has 0 bridgehead atoms. The highest BCUT2D eigenvalue weighted by atomic mass is 19.1. The third-order valence-corrected chi connectivity index (χ3v) is 2.77. The molecule has 0 fully saturated rings. The molecule has 21 heavy (non-hydrogen) atoms. The Kier molecular flexibility index (Phi) is 4.22. The van der Waals surface area contributed by atoms with Crippen molar-refractivity contribution in [3.8, 4) is 0 Å². The van der Waals surface area contributed by atoms with Crippen molar-refractivity contribution in [1.29, 1.82) is 0 Å². The number of halogens is 1. The molecule has 1 unspecified atom stereocenters. The summed E-state index contributed by atoms with van der Waals surface area (Å²) < 4.78 is 18.6. The van der Waals surface area contributed by atoms with Gasteiger partial charge in [-0.15, -0.1) is 0 Å². The van der Waals surface area contributed by atoms with Crippen LogP contribution in [0.15, 0.2) is 41.0 Å². The van der Waals surface area contributed by atoms with Gasteiger partial charge in [0.2, 0.25) is 0 Å². The summed E-state index contributed by atoms with van der Waals surface area (Å²) in [6, 6.07) is 5.84. The predicted octanol–water partition coefficient (Wildman–Crippen LogP) is 3.00. The SMILES string of the molecule is CC(NC(=O)Nc1ccc(C(=O)O)c(F)c1)c1ccco1. The molecule has 1 atom stereocenters. The highest BCUT2D eigenvalue weighted by Crippen LogP contribution is 2.16. The van der Waals surface area contributed by atoms with Gasteiger partial charge in [-0.2, -0.15) is 0 Å². The average Bonchev–Trinajstić information content (AvgIpc) is 2.91. The van der Waals surface area contributed by atoms with Gasteiger partial charge in [-0.25, -0.2) is 14.0 Å². The zero-order valence-electron chi connectivity index (χ0n) is 11.1. The minimum atomic E-state index is -1.37. The largest absolute Gasteiger partial charge is 0.478 e. The molecule has 0 spiro atoms. The van der Waals surface area contributed by atoms with Gasteiger partial charge in [-0.1, -0.05) is 0 Å². The highest BCUT2D eigenvalue weighted by molar-refractivity contribution is 5.91. The Labute approximate surface area is 119 Å². The van der Waals surface area contributed by atoms with E-state index in [1.165, 1.54) is 12.3 Å². The molecule has 0 aliphatic carbocycles. The molecule has 110 valence electrons. The van der Waals surface area contributed by atoms with Gasteiger partial charge in [0.1, 0.15) is 11.6 Å². The molecule has 3 N–H and O–H groups in total. The van der Waals surface area contributed by atoms with Gasteiger partial charge in [-0.05, 0) is 37.3 Å². The normalized spacial score (nSPS) is 11.7. The van der Waals surface area contributed by atoms with Crippen LogP contribution >= 0.6 is 0 Å². The lowest BCUT2D eigenvalue weighted by Gasteiger charge is -2.12. The van der Waals surface area contributed by atoms with E-state index in [1.54, 1.807) is 19.1 Å². The number of carboxylic acid groups (broad SMARTS) is 1. The van der Waals surface area contributed by atoms with E-state index in [2.05, 4.69) is 10.6 Å². The van der Waals surface area contributed by atoms with Gasteiger partial charge >= 0.3 is 12.0 Å². The molecule has 1 aromatic carbocycles. The number of amides is 2. The summed E-state index contributed by atoms with van der Waals surface area (Å²) >= 11 is 0. The van der Waals surface area contributed by atoms with Crippen LogP contribution < -0.4 is 10.6 Å². The number of carboxylic acids is 1. The van der Waals surface area contributed by atoms with Crippen LogP contribution in [0.25, 0.3) is 0 Å². The van der Waals surface area contributed by atoms with E-state index in [0.29, 0.717) is 5.76 Å². The highest BCUT2D eigenvalue weighted by Gasteiger charge is 2.14. The molecule has 0 saturated heterocycles. The number of hydrogen-bond donors (Lipinski definition) is 3. The molecule has 1 heterocycles. The maximum absolute atomic E-state index is 13.5. The molecule has 0 aliphatic heterocycles. The lowest BCUT2D eigenvalue weighted by Crippen LogP contribution is -2.31. The summed E-state index contributed by atoms with van der Waals surface area (Å²) in [6.07, 6.45) is 1.49. The lowest BCUT2D eigenvalue weighted by atomic mass is 10.2. The van der Waals surface area contributed by atoms with Crippen LogP contribution in [0.5, 0.6) is 0 Å². The third-order valence-electron chi connectivity index (χ3n) is 2.77. The molecule has 7 heteroatoms. The van der Waals surface area contributed by atoms with Crippen LogP contribution in [0.3, 0.4) is 0 Å². The Hall–Kier alpha value is -2.83. The van der Waals surface area contributed by atoms with Crippen LogP contribution in [0.1, 0.15) is 29.1 Å². The summed E-state index contributed by atoms with van der Waals surface area (Å²) in [5.74, 6) is -1.70. The van der Waals surface area contributed by atoms with Crippen LogP contribution in [0, 0.1) is 5.82 Å². The molecule has 2 aromatic rings. The average molecular weight is 292 g/mol. The van der Waals surface area contributed by atoms with Crippen molar-refractivity contribution in [1.82, 2.24) is 5.32 Å². The molecule has 6 nitrogen and oxygen atoms in total. The summed E-state index contributed by atoms with van der Waals surface area (Å²) in [4.78, 5) is 22.4. The second-order valence-electron chi connectivity index (χ2n) is 4.34. The molecule has 0 aliphatic rings. The van der Waals surface area contributed by atoms with Crippen LogP contribution in [0.2, 0.25) is 0 Å². The number of carbonyl (C=O) groups is 2. The van der Waals surface area contributed by atoms with Crippen molar-refractivity contribution < 1.29 is 23.5 Å². The molecule has 2 rings (SSSR count).